The number of hydrogen-bond acceptors (Lipinski definition) is 1. The maximum atomic E-state index is 12.0. The largest absolute Gasteiger partial charge is 0.331 e. The van der Waals surface area contributed by atoms with E-state index >= 15 is 0 Å². The summed E-state index contributed by atoms with van der Waals surface area (Å²) in [7, 11) is 3.60. The Hall–Kier alpha value is -1.51. The number of benzene rings is 1. The molecule has 0 heterocycles. The van der Waals surface area contributed by atoms with Gasteiger partial charge in [-0.3, -0.25) is 0 Å². The van der Waals surface area contributed by atoms with Crippen molar-refractivity contribution in [2.45, 2.75) is 26.3 Å². The Balaban J connectivity index is 2.66. The van der Waals surface area contributed by atoms with Crippen LogP contribution in [0.1, 0.15) is 25.3 Å². The Morgan fingerprint density at radius 1 is 1.18 bits per heavy atom. The zero-order valence-electron chi connectivity index (χ0n) is 11.0. The number of hydrogen-bond donors (Lipinski definition) is 0. The fourth-order valence-electron chi connectivity index (χ4n) is 1.68. The predicted molar refractivity (Wildman–Crippen MR) is 70.8 cm³/mol. The van der Waals surface area contributed by atoms with Gasteiger partial charge in [0, 0.05) is 27.2 Å². The number of unbranched alkanes of at least 4 members (excludes halogenated alkanes) is 1. The monoisotopic (exact) mass is 234 g/mol. The van der Waals surface area contributed by atoms with E-state index < -0.39 is 0 Å². The number of carbonyl (C=O) groups is 1. The summed E-state index contributed by atoms with van der Waals surface area (Å²) in [6.45, 7) is 3.65. The zero-order valence-corrected chi connectivity index (χ0v) is 11.0. The van der Waals surface area contributed by atoms with Crippen LogP contribution in [0.3, 0.4) is 0 Å². The molecule has 1 rings (SSSR count). The standard InChI is InChI=1S/C14H22N2O/c1-4-5-11-16(14(17)15(2)3)12-13-9-7-6-8-10-13/h6-10H,4-5,11-12H2,1-3H3. The lowest BCUT2D eigenvalue weighted by molar-refractivity contribution is 0.167. The third-order valence-corrected chi connectivity index (χ3v) is 2.65. The first-order valence-corrected chi connectivity index (χ1v) is 6.15. The van der Waals surface area contributed by atoms with Crippen molar-refractivity contribution in [3.63, 3.8) is 0 Å². The molecule has 0 saturated heterocycles. The van der Waals surface area contributed by atoms with Gasteiger partial charge in [-0.1, -0.05) is 43.7 Å². The molecule has 0 saturated carbocycles. The van der Waals surface area contributed by atoms with Crippen LogP contribution in [0.25, 0.3) is 0 Å². The van der Waals surface area contributed by atoms with Gasteiger partial charge < -0.3 is 9.80 Å². The molecule has 3 heteroatoms. The molecule has 1 aromatic rings. The number of nitrogens with zero attached hydrogens (tertiary/aromatic N) is 2. The van der Waals surface area contributed by atoms with Crippen LogP contribution >= 0.6 is 0 Å². The Labute approximate surface area is 104 Å². The summed E-state index contributed by atoms with van der Waals surface area (Å²) < 4.78 is 0. The van der Waals surface area contributed by atoms with E-state index in [2.05, 4.69) is 19.1 Å². The van der Waals surface area contributed by atoms with E-state index in [0.717, 1.165) is 19.4 Å². The van der Waals surface area contributed by atoms with Crippen molar-refractivity contribution in [2.24, 2.45) is 0 Å². The number of carbonyl (C=O) groups excluding carboxylic acids is 1. The van der Waals surface area contributed by atoms with E-state index in [4.69, 9.17) is 0 Å². The summed E-state index contributed by atoms with van der Waals surface area (Å²) in [5.74, 6) is 0. The van der Waals surface area contributed by atoms with Gasteiger partial charge in [-0.15, -0.1) is 0 Å². The first kappa shape index (κ1) is 13.6. The van der Waals surface area contributed by atoms with Crippen LogP contribution in [0.15, 0.2) is 30.3 Å². The maximum absolute atomic E-state index is 12.0. The fraction of sp³-hybridized carbons (Fsp3) is 0.500. The highest BCUT2D eigenvalue weighted by Crippen LogP contribution is 2.07. The molecule has 0 aliphatic rings. The second-order valence-corrected chi connectivity index (χ2v) is 4.44. The van der Waals surface area contributed by atoms with Gasteiger partial charge >= 0.3 is 6.03 Å². The molecule has 0 aliphatic carbocycles. The molecule has 0 spiro atoms. The minimum atomic E-state index is 0.0855. The molecule has 0 unspecified atom stereocenters. The van der Waals surface area contributed by atoms with E-state index in [9.17, 15) is 4.79 Å². The van der Waals surface area contributed by atoms with E-state index in [1.165, 1.54) is 5.56 Å². The second kappa shape index (κ2) is 6.94. The predicted octanol–water partition coefficient (Wildman–Crippen LogP) is 2.97. The van der Waals surface area contributed by atoms with E-state index in [1.54, 1.807) is 19.0 Å². The highest BCUT2D eigenvalue weighted by molar-refractivity contribution is 5.73. The third-order valence-electron chi connectivity index (χ3n) is 2.65. The third kappa shape index (κ3) is 4.47. The van der Waals surface area contributed by atoms with Crippen LogP contribution in [-0.2, 0) is 6.54 Å². The molecule has 0 bridgehead atoms. The van der Waals surface area contributed by atoms with Crippen LogP contribution in [0, 0.1) is 0 Å². The summed E-state index contributed by atoms with van der Waals surface area (Å²) in [6, 6.07) is 10.2. The average Bonchev–Trinajstić information content (AvgIpc) is 2.34. The smallest absolute Gasteiger partial charge is 0.319 e. The molecule has 0 aromatic heterocycles. The van der Waals surface area contributed by atoms with Crippen molar-refractivity contribution < 1.29 is 4.79 Å². The normalized spacial score (nSPS) is 10.1. The summed E-state index contributed by atoms with van der Waals surface area (Å²) in [6.07, 6.45) is 2.15. The highest BCUT2D eigenvalue weighted by atomic mass is 16.2. The zero-order chi connectivity index (χ0) is 12.7. The topological polar surface area (TPSA) is 23.6 Å². The molecule has 0 fully saturated rings. The van der Waals surface area contributed by atoms with Crippen molar-refractivity contribution >= 4 is 6.03 Å². The number of urea groups is 1. The van der Waals surface area contributed by atoms with Gasteiger partial charge in [0.25, 0.3) is 0 Å². The molecule has 17 heavy (non-hydrogen) atoms. The molecule has 1 aromatic carbocycles. The van der Waals surface area contributed by atoms with E-state index in [0.29, 0.717) is 6.54 Å². The van der Waals surface area contributed by atoms with Gasteiger partial charge in [0.2, 0.25) is 0 Å². The lowest BCUT2D eigenvalue weighted by atomic mass is 10.2. The quantitative estimate of drug-likeness (QED) is 0.768. The van der Waals surface area contributed by atoms with Crippen molar-refractivity contribution in [3.8, 4) is 0 Å². The van der Waals surface area contributed by atoms with Crippen LogP contribution in [-0.4, -0.2) is 36.5 Å². The van der Waals surface area contributed by atoms with Crippen molar-refractivity contribution in [1.82, 2.24) is 9.80 Å². The minimum Gasteiger partial charge on any atom is -0.331 e. The highest BCUT2D eigenvalue weighted by Gasteiger charge is 2.14. The van der Waals surface area contributed by atoms with Crippen molar-refractivity contribution in [3.05, 3.63) is 35.9 Å². The number of rotatable bonds is 5. The summed E-state index contributed by atoms with van der Waals surface area (Å²) in [5, 5.41) is 0. The lowest BCUT2D eigenvalue weighted by Gasteiger charge is -2.26. The van der Waals surface area contributed by atoms with Crippen molar-refractivity contribution in [1.29, 1.82) is 0 Å². The van der Waals surface area contributed by atoms with Crippen LogP contribution in [0.5, 0.6) is 0 Å². The summed E-state index contributed by atoms with van der Waals surface area (Å²) in [4.78, 5) is 15.5. The molecule has 2 amide bonds. The second-order valence-electron chi connectivity index (χ2n) is 4.44. The SMILES string of the molecule is CCCCN(Cc1ccccc1)C(=O)N(C)C. The number of amides is 2. The maximum Gasteiger partial charge on any atom is 0.319 e. The van der Waals surface area contributed by atoms with Gasteiger partial charge in [-0.05, 0) is 12.0 Å². The fourth-order valence-corrected chi connectivity index (χ4v) is 1.68. The minimum absolute atomic E-state index is 0.0855. The van der Waals surface area contributed by atoms with Gasteiger partial charge in [0.1, 0.15) is 0 Å². The Kier molecular flexibility index (Phi) is 5.53. The average molecular weight is 234 g/mol. The first-order valence-electron chi connectivity index (χ1n) is 6.15. The molecular formula is C14H22N2O. The van der Waals surface area contributed by atoms with Gasteiger partial charge in [-0.2, -0.15) is 0 Å². The van der Waals surface area contributed by atoms with Crippen LogP contribution in [0.2, 0.25) is 0 Å². The van der Waals surface area contributed by atoms with E-state index in [1.807, 2.05) is 23.1 Å². The Morgan fingerprint density at radius 3 is 2.35 bits per heavy atom. The van der Waals surface area contributed by atoms with E-state index in [-0.39, 0.29) is 6.03 Å². The van der Waals surface area contributed by atoms with Gasteiger partial charge in [0.05, 0.1) is 0 Å². The first-order chi connectivity index (χ1) is 8.15. The Bertz CT molecular complexity index is 335. The Morgan fingerprint density at radius 2 is 1.82 bits per heavy atom. The van der Waals surface area contributed by atoms with Gasteiger partial charge in [0.15, 0.2) is 0 Å². The molecule has 3 nitrogen and oxygen atoms in total. The molecule has 0 atom stereocenters. The summed E-state index contributed by atoms with van der Waals surface area (Å²) >= 11 is 0. The molecule has 0 radical (unpaired) electrons. The molecule has 0 aliphatic heterocycles. The molecular weight excluding hydrogens is 212 g/mol. The van der Waals surface area contributed by atoms with Crippen molar-refractivity contribution in [2.75, 3.05) is 20.6 Å². The molecule has 0 N–H and O–H groups in total. The molecule has 94 valence electrons. The van der Waals surface area contributed by atoms with Crippen LogP contribution in [0.4, 0.5) is 4.79 Å². The van der Waals surface area contributed by atoms with Gasteiger partial charge in [-0.25, -0.2) is 4.79 Å². The lowest BCUT2D eigenvalue weighted by Crippen LogP contribution is -2.39. The summed E-state index contributed by atoms with van der Waals surface area (Å²) in [5.41, 5.74) is 1.18. The van der Waals surface area contributed by atoms with Crippen LogP contribution < -0.4 is 0 Å².